The smallest absolute Gasteiger partial charge is 0.319 e. The van der Waals surface area contributed by atoms with Gasteiger partial charge >= 0.3 is 5.97 Å². The summed E-state index contributed by atoms with van der Waals surface area (Å²) in [7, 11) is 1.58. The maximum atomic E-state index is 12.6. The van der Waals surface area contributed by atoms with Gasteiger partial charge in [-0.05, 0) is 50.1 Å². The first-order chi connectivity index (χ1) is 16.0. The van der Waals surface area contributed by atoms with Crippen LogP contribution in [0.5, 0.6) is 5.75 Å². The van der Waals surface area contributed by atoms with Crippen LogP contribution in [0, 0.1) is 0 Å². The number of hydrogen-bond acceptors (Lipinski definition) is 7. The Kier molecular flexibility index (Phi) is 8.88. The van der Waals surface area contributed by atoms with Crippen LogP contribution in [0.25, 0.3) is 0 Å². The van der Waals surface area contributed by atoms with E-state index < -0.39 is 5.25 Å². The van der Waals surface area contributed by atoms with Crippen molar-refractivity contribution in [2.75, 3.05) is 13.7 Å². The van der Waals surface area contributed by atoms with Gasteiger partial charge in [0.1, 0.15) is 11.0 Å². The Morgan fingerprint density at radius 2 is 1.82 bits per heavy atom. The first-order valence-corrected chi connectivity index (χ1v) is 11.6. The van der Waals surface area contributed by atoms with Crippen LogP contribution < -0.4 is 10.1 Å². The molecule has 3 aromatic rings. The molecular formula is C24H28N4O4S. The molecule has 8 nitrogen and oxygen atoms in total. The van der Waals surface area contributed by atoms with Gasteiger partial charge in [0.2, 0.25) is 0 Å². The van der Waals surface area contributed by atoms with Crippen molar-refractivity contribution in [1.29, 1.82) is 0 Å². The number of aryl methyl sites for hydroxylation is 1. The fourth-order valence-corrected chi connectivity index (χ4v) is 4.01. The SMILES string of the molecule is CCOC(=O)[C@@H](C)Sc1nnc(CNC(=O)c2ccc(OC)cc2)n1CCc1ccccc1. The van der Waals surface area contributed by atoms with E-state index in [0.717, 1.165) is 6.42 Å². The van der Waals surface area contributed by atoms with Crippen molar-refractivity contribution in [2.24, 2.45) is 0 Å². The highest BCUT2D eigenvalue weighted by Gasteiger charge is 2.21. The molecule has 0 aliphatic carbocycles. The average Bonchev–Trinajstić information content (AvgIpc) is 3.23. The van der Waals surface area contributed by atoms with E-state index in [9.17, 15) is 9.59 Å². The maximum absolute atomic E-state index is 12.6. The highest BCUT2D eigenvalue weighted by molar-refractivity contribution is 8.00. The molecule has 1 amide bonds. The number of aromatic nitrogens is 3. The zero-order valence-corrected chi connectivity index (χ0v) is 19.8. The molecule has 0 spiro atoms. The summed E-state index contributed by atoms with van der Waals surface area (Å²) in [6.07, 6.45) is 0.764. The van der Waals surface area contributed by atoms with Crippen LogP contribution in [0.3, 0.4) is 0 Å². The van der Waals surface area contributed by atoms with E-state index in [1.54, 1.807) is 45.2 Å². The van der Waals surface area contributed by atoms with Gasteiger partial charge in [0.25, 0.3) is 5.91 Å². The van der Waals surface area contributed by atoms with Crippen LogP contribution in [-0.4, -0.2) is 45.6 Å². The first-order valence-electron chi connectivity index (χ1n) is 10.7. The molecule has 0 unspecified atom stereocenters. The molecule has 1 aromatic heterocycles. The van der Waals surface area contributed by atoms with E-state index in [2.05, 4.69) is 27.6 Å². The molecule has 0 saturated heterocycles. The standard InChI is InChI=1S/C24H28N4O4S/c1-4-32-23(30)17(2)33-24-27-26-21(28(24)15-14-18-8-6-5-7-9-18)16-25-22(29)19-10-12-20(31-3)13-11-19/h5-13,17H,4,14-16H2,1-3H3,(H,25,29)/t17-/m1/s1. The number of ether oxygens (including phenoxy) is 2. The predicted molar refractivity (Wildman–Crippen MR) is 126 cm³/mol. The summed E-state index contributed by atoms with van der Waals surface area (Å²) < 4.78 is 12.2. The van der Waals surface area contributed by atoms with Gasteiger partial charge in [0, 0.05) is 12.1 Å². The van der Waals surface area contributed by atoms with Gasteiger partial charge in [-0.25, -0.2) is 0 Å². The van der Waals surface area contributed by atoms with Crippen LogP contribution >= 0.6 is 11.8 Å². The van der Waals surface area contributed by atoms with Crippen molar-refractivity contribution in [2.45, 2.75) is 43.8 Å². The molecule has 9 heteroatoms. The Morgan fingerprint density at radius 3 is 2.48 bits per heavy atom. The number of carbonyl (C=O) groups is 2. The number of nitrogens with zero attached hydrogens (tertiary/aromatic N) is 3. The van der Waals surface area contributed by atoms with Gasteiger partial charge in [-0.2, -0.15) is 0 Å². The van der Waals surface area contributed by atoms with Gasteiger partial charge in [-0.1, -0.05) is 42.1 Å². The van der Waals surface area contributed by atoms with E-state index in [1.165, 1.54) is 17.3 Å². The summed E-state index contributed by atoms with van der Waals surface area (Å²) in [5, 5.41) is 11.7. The molecule has 0 bridgehead atoms. The van der Waals surface area contributed by atoms with Gasteiger partial charge < -0.3 is 19.4 Å². The van der Waals surface area contributed by atoms with Gasteiger partial charge in [-0.3, -0.25) is 9.59 Å². The number of thioether (sulfide) groups is 1. The average molecular weight is 469 g/mol. The van der Waals surface area contributed by atoms with Crippen molar-refractivity contribution in [1.82, 2.24) is 20.1 Å². The molecule has 1 N–H and O–H groups in total. The third-order valence-electron chi connectivity index (χ3n) is 4.92. The van der Waals surface area contributed by atoms with Crippen molar-refractivity contribution in [3.8, 4) is 5.75 Å². The molecule has 174 valence electrons. The van der Waals surface area contributed by atoms with Crippen LogP contribution in [0.2, 0.25) is 0 Å². The molecule has 0 saturated carbocycles. The molecule has 0 aliphatic heterocycles. The van der Waals surface area contributed by atoms with Gasteiger partial charge in [0.15, 0.2) is 11.0 Å². The second-order valence-electron chi connectivity index (χ2n) is 7.21. The number of nitrogens with one attached hydrogen (secondary N) is 1. The van der Waals surface area contributed by atoms with Crippen LogP contribution in [-0.2, 0) is 29.0 Å². The van der Waals surface area contributed by atoms with Crippen LogP contribution in [0.1, 0.15) is 35.6 Å². The predicted octanol–water partition coefficient (Wildman–Crippen LogP) is 3.50. The lowest BCUT2D eigenvalue weighted by molar-refractivity contribution is -0.142. The van der Waals surface area contributed by atoms with E-state index in [1.807, 2.05) is 22.8 Å². The Labute approximate surface area is 197 Å². The Hall–Kier alpha value is -3.33. The van der Waals surface area contributed by atoms with Gasteiger partial charge in [-0.15, -0.1) is 10.2 Å². The lowest BCUT2D eigenvalue weighted by atomic mass is 10.1. The molecule has 0 aliphatic rings. The van der Waals surface area contributed by atoms with Crippen LogP contribution in [0.15, 0.2) is 59.8 Å². The van der Waals surface area contributed by atoms with Crippen molar-refractivity contribution in [3.05, 3.63) is 71.5 Å². The minimum absolute atomic E-state index is 0.209. The van der Waals surface area contributed by atoms with E-state index >= 15 is 0 Å². The van der Waals surface area contributed by atoms with Crippen molar-refractivity contribution in [3.63, 3.8) is 0 Å². The quantitative estimate of drug-likeness (QED) is 0.340. The Balaban J connectivity index is 1.73. The number of amides is 1. The van der Waals surface area contributed by atoms with E-state index in [0.29, 0.717) is 35.4 Å². The van der Waals surface area contributed by atoms with Crippen LogP contribution in [0.4, 0.5) is 0 Å². The summed E-state index contributed by atoms with van der Waals surface area (Å²) in [4.78, 5) is 24.7. The molecule has 3 rings (SSSR count). The zero-order valence-electron chi connectivity index (χ0n) is 19.0. The third-order valence-corrected chi connectivity index (χ3v) is 5.98. The lowest BCUT2D eigenvalue weighted by Crippen LogP contribution is -2.25. The molecule has 1 atom stereocenters. The lowest BCUT2D eigenvalue weighted by Gasteiger charge is -2.13. The van der Waals surface area contributed by atoms with Crippen molar-refractivity contribution >= 4 is 23.6 Å². The normalized spacial score (nSPS) is 11.6. The second-order valence-corrected chi connectivity index (χ2v) is 8.52. The molecule has 2 aromatic carbocycles. The summed E-state index contributed by atoms with van der Waals surface area (Å²) in [5.41, 5.74) is 1.70. The number of carbonyl (C=O) groups excluding carboxylic acids is 2. The minimum atomic E-state index is -0.425. The highest BCUT2D eigenvalue weighted by atomic mass is 32.2. The summed E-state index contributed by atoms with van der Waals surface area (Å²) in [6, 6.07) is 17.0. The topological polar surface area (TPSA) is 95.3 Å². The molecule has 33 heavy (non-hydrogen) atoms. The van der Waals surface area contributed by atoms with Crippen molar-refractivity contribution < 1.29 is 19.1 Å². The number of benzene rings is 2. The number of esters is 1. The Morgan fingerprint density at radius 1 is 1.09 bits per heavy atom. The molecular weight excluding hydrogens is 440 g/mol. The second kappa shape index (κ2) is 12.1. The summed E-state index contributed by atoms with van der Waals surface area (Å²) in [6.45, 7) is 4.71. The number of hydrogen-bond donors (Lipinski definition) is 1. The first kappa shape index (κ1) is 24.3. The van der Waals surface area contributed by atoms with Gasteiger partial charge in [0.05, 0.1) is 20.3 Å². The fraction of sp³-hybridized carbons (Fsp3) is 0.333. The summed E-state index contributed by atoms with van der Waals surface area (Å²) >= 11 is 1.30. The molecule has 0 radical (unpaired) electrons. The third kappa shape index (κ3) is 6.82. The van der Waals surface area contributed by atoms with E-state index in [-0.39, 0.29) is 18.4 Å². The maximum Gasteiger partial charge on any atom is 0.319 e. The largest absolute Gasteiger partial charge is 0.497 e. The molecule has 1 heterocycles. The molecule has 0 fully saturated rings. The number of rotatable bonds is 11. The summed E-state index contributed by atoms with van der Waals surface area (Å²) in [5.74, 6) is 0.787. The zero-order chi connectivity index (χ0) is 23.6. The minimum Gasteiger partial charge on any atom is -0.497 e. The Bertz CT molecular complexity index is 1050. The monoisotopic (exact) mass is 468 g/mol. The number of methoxy groups -OCH3 is 1. The highest BCUT2D eigenvalue weighted by Crippen LogP contribution is 2.24. The van der Waals surface area contributed by atoms with E-state index in [4.69, 9.17) is 9.47 Å². The fourth-order valence-electron chi connectivity index (χ4n) is 3.12.